The van der Waals surface area contributed by atoms with Gasteiger partial charge in [0.1, 0.15) is 17.9 Å². The second-order valence-electron chi connectivity index (χ2n) is 7.79. The van der Waals surface area contributed by atoms with Crippen molar-refractivity contribution in [1.82, 2.24) is 5.32 Å². The first kappa shape index (κ1) is 21.2. The van der Waals surface area contributed by atoms with Gasteiger partial charge in [-0.05, 0) is 52.2 Å². The maximum Gasteiger partial charge on any atom is 0.335 e. The number of amides is 4. The van der Waals surface area contributed by atoms with E-state index in [0.29, 0.717) is 18.0 Å². The summed E-state index contributed by atoms with van der Waals surface area (Å²) in [6.45, 7) is 0.399. The predicted octanol–water partition coefficient (Wildman–Crippen LogP) is 5.09. The number of hydrogen-bond acceptors (Lipinski definition) is 4. The van der Waals surface area contributed by atoms with Crippen LogP contribution in [0.15, 0.2) is 103 Å². The van der Waals surface area contributed by atoms with Crippen LogP contribution < -0.4 is 15.0 Å². The SMILES string of the molecule is O=C1NC(=O)N(c2ccc(OCc3ccccc3)cc2)C(=O)/C1=C/c1cccc2ccccc12. The van der Waals surface area contributed by atoms with Crippen molar-refractivity contribution in [3.05, 3.63) is 114 Å². The summed E-state index contributed by atoms with van der Waals surface area (Å²) < 4.78 is 5.78. The monoisotopic (exact) mass is 448 g/mol. The number of carbonyl (C=O) groups excluding carboxylic acids is 3. The molecule has 1 N–H and O–H groups in total. The average Bonchev–Trinajstić information content (AvgIpc) is 2.86. The fourth-order valence-corrected chi connectivity index (χ4v) is 3.86. The van der Waals surface area contributed by atoms with E-state index in [1.165, 1.54) is 6.08 Å². The zero-order valence-corrected chi connectivity index (χ0v) is 18.1. The predicted molar refractivity (Wildman–Crippen MR) is 130 cm³/mol. The van der Waals surface area contributed by atoms with Gasteiger partial charge in [-0.3, -0.25) is 14.9 Å². The molecule has 4 amide bonds. The number of ether oxygens (including phenoxy) is 1. The lowest BCUT2D eigenvalue weighted by atomic mass is 10.0. The number of anilines is 1. The Morgan fingerprint density at radius 2 is 1.47 bits per heavy atom. The van der Waals surface area contributed by atoms with Crippen molar-refractivity contribution >= 4 is 40.4 Å². The van der Waals surface area contributed by atoms with E-state index in [9.17, 15) is 14.4 Å². The van der Waals surface area contributed by atoms with Gasteiger partial charge in [-0.25, -0.2) is 9.69 Å². The molecule has 6 nitrogen and oxygen atoms in total. The molecule has 5 rings (SSSR count). The van der Waals surface area contributed by atoms with E-state index >= 15 is 0 Å². The van der Waals surface area contributed by atoms with Crippen molar-refractivity contribution in [2.45, 2.75) is 6.61 Å². The Balaban J connectivity index is 1.41. The molecule has 1 fully saturated rings. The van der Waals surface area contributed by atoms with Gasteiger partial charge in [0, 0.05) is 0 Å². The number of carbonyl (C=O) groups is 3. The number of hydrogen-bond donors (Lipinski definition) is 1. The molecule has 1 aliphatic rings. The normalized spacial score (nSPS) is 15.0. The van der Waals surface area contributed by atoms with E-state index in [2.05, 4.69) is 5.32 Å². The number of barbiturate groups is 1. The third kappa shape index (κ3) is 4.17. The van der Waals surface area contributed by atoms with Gasteiger partial charge in [0.25, 0.3) is 11.8 Å². The van der Waals surface area contributed by atoms with Crippen molar-refractivity contribution < 1.29 is 19.1 Å². The van der Waals surface area contributed by atoms with Gasteiger partial charge in [-0.2, -0.15) is 0 Å². The Bertz CT molecular complexity index is 1420. The number of nitrogens with one attached hydrogen (secondary N) is 1. The molecule has 0 saturated carbocycles. The maximum absolute atomic E-state index is 13.2. The lowest BCUT2D eigenvalue weighted by molar-refractivity contribution is -0.122. The third-order valence-corrected chi connectivity index (χ3v) is 5.57. The van der Waals surface area contributed by atoms with Crippen molar-refractivity contribution in [2.24, 2.45) is 0 Å². The van der Waals surface area contributed by atoms with Gasteiger partial charge in [0.15, 0.2) is 0 Å². The second kappa shape index (κ2) is 9.03. The molecule has 4 aromatic carbocycles. The standard InChI is InChI=1S/C28H20N2O4/c31-26-25(17-21-11-6-10-20-9-4-5-12-24(20)21)27(32)30(28(33)29-26)22-13-15-23(16-14-22)34-18-19-7-2-1-3-8-19/h1-17H,18H2,(H,29,31,33)/b25-17+. The molecule has 4 aromatic rings. The fourth-order valence-electron chi connectivity index (χ4n) is 3.86. The minimum absolute atomic E-state index is 0.111. The van der Waals surface area contributed by atoms with E-state index in [1.807, 2.05) is 72.8 Å². The lowest BCUT2D eigenvalue weighted by Gasteiger charge is -2.26. The Labute approximate surface area is 196 Å². The Morgan fingerprint density at radius 1 is 0.765 bits per heavy atom. The summed E-state index contributed by atoms with van der Waals surface area (Å²) in [6, 6.07) is 28.9. The molecule has 0 radical (unpaired) electrons. The van der Waals surface area contributed by atoms with E-state index in [1.54, 1.807) is 24.3 Å². The van der Waals surface area contributed by atoms with E-state index in [-0.39, 0.29) is 5.57 Å². The van der Waals surface area contributed by atoms with Crippen LogP contribution in [-0.2, 0) is 16.2 Å². The minimum atomic E-state index is -0.789. The highest BCUT2D eigenvalue weighted by atomic mass is 16.5. The van der Waals surface area contributed by atoms with Crippen LogP contribution in [0.4, 0.5) is 10.5 Å². The smallest absolute Gasteiger partial charge is 0.335 e. The summed E-state index contributed by atoms with van der Waals surface area (Å²) in [7, 11) is 0. The van der Waals surface area contributed by atoms with Gasteiger partial charge in [-0.1, -0.05) is 72.8 Å². The fraction of sp³-hybridized carbons (Fsp3) is 0.0357. The molecule has 1 aliphatic heterocycles. The van der Waals surface area contributed by atoms with Crippen LogP contribution in [0.2, 0.25) is 0 Å². The number of urea groups is 1. The number of rotatable bonds is 5. The van der Waals surface area contributed by atoms with Crippen LogP contribution >= 0.6 is 0 Å². The number of fused-ring (bicyclic) bond motifs is 1. The zero-order chi connectivity index (χ0) is 23.5. The molecule has 6 heteroatoms. The van der Waals surface area contributed by atoms with Crippen molar-refractivity contribution in [3.8, 4) is 5.75 Å². The van der Waals surface area contributed by atoms with E-state index in [0.717, 1.165) is 26.8 Å². The topological polar surface area (TPSA) is 75.7 Å². The molecular weight excluding hydrogens is 428 g/mol. The highest BCUT2D eigenvalue weighted by molar-refractivity contribution is 6.39. The lowest BCUT2D eigenvalue weighted by Crippen LogP contribution is -2.54. The molecule has 0 aliphatic carbocycles. The summed E-state index contributed by atoms with van der Waals surface area (Å²) in [5.74, 6) is -0.804. The van der Waals surface area contributed by atoms with Gasteiger partial charge < -0.3 is 4.74 Å². The summed E-state index contributed by atoms with van der Waals surface area (Å²) in [5, 5.41) is 4.16. The molecule has 34 heavy (non-hydrogen) atoms. The summed E-state index contributed by atoms with van der Waals surface area (Å²) in [4.78, 5) is 39.3. The highest BCUT2D eigenvalue weighted by Crippen LogP contribution is 2.26. The summed E-state index contributed by atoms with van der Waals surface area (Å²) >= 11 is 0. The Hall–Kier alpha value is -4.71. The number of imide groups is 2. The van der Waals surface area contributed by atoms with E-state index < -0.39 is 17.8 Å². The Morgan fingerprint density at radius 3 is 2.26 bits per heavy atom. The molecule has 166 valence electrons. The zero-order valence-electron chi connectivity index (χ0n) is 18.1. The van der Waals surface area contributed by atoms with Crippen molar-refractivity contribution in [1.29, 1.82) is 0 Å². The summed E-state index contributed by atoms with van der Waals surface area (Å²) in [6.07, 6.45) is 1.52. The van der Waals surface area contributed by atoms with Crippen LogP contribution in [0, 0.1) is 0 Å². The van der Waals surface area contributed by atoms with Crippen LogP contribution in [0.1, 0.15) is 11.1 Å². The van der Waals surface area contributed by atoms with Gasteiger partial charge in [-0.15, -0.1) is 0 Å². The van der Waals surface area contributed by atoms with Crippen LogP contribution in [0.25, 0.3) is 16.8 Å². The first-order valence-electron chi connectivity index (χ1n) is 10.8. The van der Waals surface area contributed by atoms with Gasteiger partial charge in [0.2, 0.25) is 0 Å². The molecule has 1 saturated heterocycles. The molecule has 0 aromatic heterocycles. The molecule has 0 bridgehead atoms. The van der Waals surface area contributed by atoms with Gasteiger partial charge >= 0.3 is 6.03 Å². The first-order valence-corrected chi connectivity index (χ1v) is 10.8. The summed E-state index contributed by atoms with van der Waals surface area (Å²) in [5.41, 5.74) is 1.97. The van der Waals surface area contributed by atoms with Crippen molar-refractivity contribution in [3.63, 3.8) is 0 Å². The first-order chi connectivity index (χ1) is 16.6. The van der Waals surface area contributed by atoms with Gasteiger partial charge in [0.05, 0.1) is 5.69 Å². The number of benzene rings is 4. The highest BCUT2D eigenvalue weighted by Gasteiger charge is 2.36. The average molecular weight is 448 g/mol. The second-order valence-corrected chi connectivity index (χ2v) is 7.79. The van der Waals surface area contributed by atoms with Crippen molar-refractivity contribution in [2.75, 3.05) is 4.90 Å². The quantitative estimate of drug-likeness (QED) is 0.341. The molecule has 0 spiro atoms. The minimum Gasteiger partial charge on any atom is -0.489 e. The maximum atomic E-state index is 13.2. The molecule has 0 unspecified atom stereocenters. The molecular formula is C28H20N2O4. The molecule has 1 heterocycles. The van der Waals surface area contributed by atoms with Crippen LogP contribution in [0.5, 0.6) is 5.75 Å². The van der Waals surface area contributed by atoms with Crippen LogP contribution in [-0.4, -0.2) is 17.8 Å². The third-order valence-electron chi connectivity index (χ3n) is 5.57. The molecule has 0 atom stereocenters. The largest absolute Gasteiger partial charge is 0.489 e. The van der Waals surface area contributed by atoms with Crippen LogP contribution in [0.3, 0.4) is 0 Å². The Kier molecular flexibility index (Phi) is 5.62. The number of nitrogens with zero attached hydrogens (tertiary/aromatic N) is 1. The van der Waals surface area contributed by atoms with E-state index in [4.69, 9.17) is 4.74 Å².